The van der Waals surface area contributed by atoms with E-state index < -0.39 is 21.3 Å². The molecule has 2 saturated carbocycles. The smallest absolute Gasteiger partial charge is 0.265 e. The lowest BCUT2D eigenvalue weighted by Gasteiger charge is -2.35. The third-order valence-corrected chi connectivity index (χ3v) is 7.64. The lowest BCUT2D eigenvalue weighted by atomic mass is 9.70. The van der Waals surface area contributed by atoms with Gasteiger partial charge in [-0.05, 0) is 63.3 Å². The van der Waals surface area contributed by atoms with Crippen LogP contribution in [0.1, 0.15) is 59.8 Å². The zero-order valence-electron chi connectivity index (χ0n) is 15.8. The average molecular weight is 376 g/mol. The van der Waals surface area contributed by atoms with Gasteiger partial charge in [0.25, 0.3) is 10.1 Å². The molecule has 1 aliphatic heterocycles. The van der Waals surface area contributed by atoms with Crippen LogP contribution < -0.4 is 5.32 Å². The maximum absolute atomic E-state index is 11.9. The Morgan fingerprint density at radius 1 is 1.20 bits per heavy atom. The van der Waals surface area contributed by atoms with Crippen LogP contribution in [0.25, 0.3) is 0 Å². The Morgan fingerprint density at radius 3 is 2.20 bits per heavy atom. The van der Waals surface area contributed by atoms with E-state index in [1.54, 1.807) is 0 Å². The molecule has 3 atom stereocenters. The molecule has 25 heavy (non-hydrogen) atoms. The van der Waals surface area contributed by atoms with Crippen molar-refractivity contribution in [2.24, 2.45) is 22.7 Å². The van der Waals surface area contributed by atoms with Gasteiger partial charge < -0.3 is 10.4 Å². The van der Waals surface area contributed by atoms with Gasteiger partial charge in [-0.3, -0.25) is 9.35 Å². The highest BCUT2D eigenvalue weighted by atomic mass is 32.2. The first-order valence-corrected chi connectivity index (χ1v) is 10.8. The Labute approximate surface area is 151 Å². The second-order valence-corrected chi connectivity index (χ2v) is 10.7. The minimum atomic E-state index is -4.08. The topological polar surface area (TPSA) is 104 Å². The van der Waals surface area contributed by atoms with E-state index in [0.29, 0.717) is 25.4 Å². The molecule has 3 rings (SSSR count). The van der Waals surface area contributed by atoms with Crippen molar-refractivity contribution in [1.29, 1.82) is 0 Å². The second kappa shape index (κ2) is 6.91. The summed E-state index contributed by atoms with van der Waals surface area (Å²) in [5.41, 5.74) is -0.878. The van der Waals surface area contributed by atoms with Crippen molar-refractivity contribution in [3.05, 3.63) is 0 Å². The maximum atomic E-state index is 11.9. The first kappa shape index (κ1) is 20.8. The average Bonchev–Trinajstić information content (AvgIpc) is 2.79. The van der Waals surface area contributed by atoms with Gasteiger partial charge in [0.1, 0.15) is 5.78 Å². The van der Waals surface area contributed by atoms with E-state index in [4.69, 9.17) is 9.66 Å². The van der Waals surface area contributed by atoms with Gasteiger partial charge in [-0.25, -0.2) is 0 Å². The first-order chi connectivity index (χ1) is 11.3. The van der Waals surface area contributed by atoms with Crippen LogP contribution >= 0.6 is 0 Å². The molecule has 3 N–H and O–H groups in total. The monoisotopic (exact) mass is 375 g/mol. The van der Waals surface area contributed by atoms with E-state index in [1.165, 1.54) is 0 Å². The predicted octanol–water partition coefficient (Wildman–Crippen LogP) is 2.03. The number of Topliss-reactive ketones (excluding diaryl/α,β-unsaturated/α-hetero) is 1. The lowest BCUT2D eigenvalue weighted by molar-refractivity contribution is -0.128. The molecule has 0 amide bonds. The lowest BCUT2D eigenvalue weighted by Crippen LogP contribution is -2.46. The SMILES string of the molecule is CC1(C)C[C@H](CO)CCN1.CC1(C)[C@@H]2CC[C@@]1(CS(=O)(=O)O)C(=O)C2. The summed E-state index contributed by atoms with van der Waals surface area (Å²) in [5.74, 6) is 0.423. The predicted molar refractivity (Wildman–Crippen MR) is 96.9 cm³/mol. The van der Waals surface area contributed by atoms with Gasteiger partial charge in [-0.1, -0.05) is 13.8 Å². The molecule has 7 heteroatoms. The molecule has 2 bridgehead atoms. The third-order valence-electron chi connectivity index (χ3n) is 6.78. The number of aliphatic hydroxyl groups excluding tert-OH is 1. The Kier molecular flexibility index (Phi) is 5.75. The van der Waals surface area contributed by atoms with E-state index in [1.807, 2.05) is 13.8 Å². The standard InChI is InChI=1S/C10H16O4S.C8H17NO/c1-9(2)7-3-4-10(9,8(11)5-7)6-15(12,13)14;1-8(2)5-7(6-10)3-4-9-8/h7H,3-6H2,1-2H3,(H,12,13,14);7,9-10H,3-6H2,1-2H3/t7-,10-;7-/m11/s1. The summed E-state index contributed by atoms with van der Waals surface area (Å²) < 4.78 is 31.0. The molecule has 0 spiro atoms. The summed E-state index contributed by atoms with van der Waals surface area (Å²) in [6, 6.07) is 0. The number of rotatable bonds is 3. The normalized spacial score (nSPS) is 36.0. The van der Waals surface area contributed by atoms with Crippen molar-refractivity contribution in [1.82, 2.24) is 5.32 Å². The van der Waals surface area contributed by atoms with Gasteiger partial charge in [-0.2, -0.15) is 8.42 Å². The largest absolute Gasteiger partial charge is 0.396 e. The number of aliphatic hydroxyl groups is 1. The van der Waals surface area contributed by atoms with Crippen LogP contribution in [0.3, 0.4) is 0 Å². The molecule has 1 saturated heterocycles. The third kappa shape index (κ3) is 4.26. The summed E-state index contributed by atoms with van der Waals surface area (Å²) in [7, 11) is -4.08. The quantitative estimate of drug-likeness (QED) is 0.652. The molecule has 1 heterocycles. The summed E-state index contributed by atoms with van der Waals surface area (Å²) in [5, 5.41) is 12.3. The number of hydrogen-bond donors (Lipinski definition) is 3. The minimum Gasteiger partial charge on any atom is -0.396 e. The van der Waals surface area contributed by atoms with Gasteiger partial charge in [0.15, 0.2) is 0 Å². The van der Waals surface area contributed by atoms with E-state index in [2.05, 4.69) is 19.2 Å². The van der Waals surface area contributed by atoms with Crippen LogP contribution in [0.15, 0.2) is 0 Å². The molecule has 0 radical (unpaired) electrons. The van der Waals surface area contributed by atoms with Gasteiger partial charge in [0.05, 0.1) is 11.2 Å². The second-order valence-electron chi connectivity index (χ2n) is 9.25. The molecule has 146 valence electrons. The van der Waals surface area contributed by atoms with Gasteiger partial charge in [0, 0.05) is 18.6 Å². The fourth-order valence-corrected chi connectivity index (χ4v) is 6.39. The fraction of sp³-hybridized carbons (Fsp3) is 0.944. The van der Waals surface area contributed by atoms with Gasteiger partial charge in [0.2, 0.25) is 0 Å². The Hall–Kier alpha value is -0.500. The van der Waals surface area contributed by atoms with Crippen LogP contribution in [-0.2, 0) is 14.9 Å². The van der Waals surface area contributed by atoms with Crippen LogP contribution in [-0.4, -0.2) is 48.3 Å². The van der Waals surface area contributed by atoms with Crippen LogP contribution in [0, 0.1) is 22.7 Å². The van der Waals surface area contributed by atoms with E-state index in [9.17, 15) is 13.2 Å². The van der Waals surface area contributed by atoms with E-state index in [-0.39, 0.29) is 22.7 Å². The number of carbonyl (C=O) groups is 1. The minimum absolute atomic E-state index is 0.0152. The number of ketones is 1. The van der Waals surface area contributed by atoms with Crippen molar-refractivity contribution >= 4 is 15.9 Å². The number of hydrogen-bond acceptors (Lipinski definition) is 5. The summed E-state index contributed by atoms with van der Waals surface area (Å²) in [4.78, 5) is 11.9. The van der Waals surface area contributed by atoms with E-state index in [0.717, 1.165) is 25.8 Å². The Bertz CT molecular complexity index is 613. The van der Waals surface area contributed by atoms with Crippen LogP contribution in [0.5, 0.6) is 0 Å². The first-order valence-electron chi connectivity index (χ1n) is 9.17. The maximum Gasteiger partial charge on any atom is 0.265 e. The molecule has 0 unspecified atom stereocenters. The summed E-state index contributed by atoms with van der Waals surface area (Å²) in [6.45, 7) is 9.68. The van der Waals surface area contributed by atoms with Gasteiger partial charge >= 0.3 is 0 Å². The van der Waals surface area contributed by atoms with Crippen molar-refractivity contribution < 1.29 is 22.9 Å². The zero-order valence-corrected chi connectivity index (χ0v) is 16.7. The number of carbonyl (C=O) groups excluding carboxylic acids is 1. The molecule has 3 aliphatic rings. The molecule has 0 aromatic heterocycles. The fourth-order valence-electron chi connectivity index (χ4n) is 5.09. The molecular weight excluding hydrogens is 342 g/mol. The van der Waals surface area contributed by atoms with Crippen molar-refractivity contribution in [3.8, 4) is 0 Å². The highest BCUT2D eigenvalue weighted by Gasteiger charge is 2.65. The summed E-state index contributed by atoms with van der Waals surface area (Å²) >= 11 is 0. The molecule has 2 aliphatic carbocycles. The van der Waals surface area contributed by atoms with Crippen molar-refractivity contribution in [2.45, 2.75) is 65.3 Å². The number of fused-ring (bicyclic) bond motifs is 2. The number of piperidine rings is 1. The van der Waals surface area contributed by atoms with Crippen LogP contribution in [0.2, 0.25) is 0 Å². The zero-order chi connectivity index (χ0) is 19.1. The summed E-state index contributed by atoms with van der Waals surface area (Å²) in [6.07, 6.45) is 4.20. The molecule has 0 aromatic rings. The van der Waals surface area contributed by atoms with Crippen LogP contribution in [0.4, 0.5) is 0 Å². The van der Waals surface area contributed by atoms with Crippen molar-refractivity contribution in [2.75, 3.05) is 18.9 Å². The van der Waals surface area contributed by atoms with Gasteiger partial charge in [-0.15, -0.1) is 0 Å². The highest BCUT2D eigenvalue weighted by molar-refractivity contribution is 7.85. The molecule has 6 nitrogen and oxygen atoms in total. The van der Waals surface area contributed by atoms with E-state index >= 15 is 0 Å². The highest BCUT2D eigenvalue weighted by Crippen LogP contribution is 2.64. The Morgan fingerprint density at radius 2 is 1.84 bits per heavy atom. The molecule has 3 fully saturated rings. The Balaban J connectivity index is 0.000000196. The van der Waals surface area contributed by atoms with Crippen molar-refractivity contribution in [3.63, 3.8) is 0 Å². The molecule has 0 aromatic carbocycles. The molecular formula is C18H33NO5S. The number of nitrogens with one attached hydrogen (secondary N) is 1.